The summed E-state index contributed by atoms with van der Waals surface area (Å²) in [5, 5.41) is 0.00649. The van der Waals surface area contributed by atoms with Crippen LogP contribution in [-0.2, 0) is 20.0 Å². The minimum Gasteiger partial charge on any atom is -0.278 e. The van der Waals surface area contributed by atoms with Gasteiger partial charge in [0, 0.05) is 13.1 Å². The molecule has 1 aliphatic heterocycles. The van der Waals surface area contributed by atoms with Crippen LogP contribution in [0.1, 0.15) is 18.4 Å². The average molecular weight is 433 g/mol. The van der Waals surface area contributed by atoms with E-state index in [0.29, 0.717) is 18.7 Å². The third kappa shape index (κ3) is 4.11. The Bertz CT molecular complexity index is 1080. The summed E-state index contributed by atoms with van der Waals surface area (Å²) in [7, 11) is -8.04. The summed E-state index contributed by atoms with van der Waals surface area (Å²) < 4.78 is 68.0. The molecule has 0 radical (unpaired) electrons. The Hall–Kier alpha value is -1.68. The second-order valence-electron chi connectivity index (χ2n) is 6.29. The van der Waals surface area contributed by atoms with E-state index >= 15 is 0 Å². The highest BCUT2D eigenvalue weighted by Crippen LogP contribution is 2.30. The van der Waals surface area contributed by atoms with Crippen molar-refractivity contribution in [3.05, 3.63) is 52.8 Å². The molecule has 0 aromatic heterocycles. The fraction of sp³-hybridized carbons (Fsp3) is 0.294. The molecule has 0 amide bonds. The molecular weight excluding hydrogens is 415 g/mol. The average Bonchev–Trinajstić information content (AvgIpc) is 3.14. The van der Waals surface area contributed by atoms with Crippen LogP contribution >= 0.6 is 11.6 Å². The van der Waals surface area contributed by atoms with Crippen molar-refractivity contribution in [3.8, 4) is 0 Å². The van der Waals surface area contributed by atoms with Gasteiger partial charge in [-0.3, -0.25) is 4.72 Å². The molecule has 27 heavy (non-hydrogen) atoms. The molecule has 2 aromatic rings. The number of aryl methyl sites for hydroxylation is 1. The van der Waals surface area contributed by atoms with Gasteiger partial charge in [-0.05, 0) is 55.7 Å². The lowest BCUT2D eigenvalue weighted by Gasteiger charge is -2.17. The maximum Gasteiger partial charge on any atom is 0.264 e. The second-order valence-corrected chi connectivity index (χ2v) is 10.3. The molecule has 6 nitrogen and oxygen atoms in total. The summed E-state index contributed by atoms with van der Waals surface area (Å²) in [5.74, 6) is -0.912. The highest BCUT2D eigenvalue weighted by molar-refractivity contribution is 7.92. The first-order chi connectivity index (χ1) is 12.6. The molecule has 2 aromatic carbocycles. The number of benzene rings is 2. The normalized spacial score (nSPS) is 15.8. The van der Waals surface area contributed by atoms with E-state index in [9.17, 15) is 21.2 Å². The van der Waals surface area contributed by atoms with E-state index in [2.05, 4.69) is 4.72 Å². The zero-order valence-corrected chi connectivity index (χ0v) is 16.8. The first-order valence-corrected chi connectivity index (χ1v) is 11.5. The fourth-order valence-electron chi connectivity index (χ4n) is 2.84. The number of nitrogens with zero attached hydrogens (tertiary/aromatic N) is 1. The van der Waals surface area contributed by atoms with Crippen LogP contribution in [0, 0.1) is 12.7 Å². The molecule has 1 N–H and O–H groups in total. The van der Waals surface area contributed by atoms with Crippen molar-refractivity contribution in [1.82, 2.24) is 4.31 Å². The molecule has 1 heterocycles. The molecule has 0 atom stereocenters. The summed E-state index contributed by atoms with van der Waals surface area (Å²) in [5.41, 5.74) is 0.436. The van der Waals surface area contributed by atoms with E-state index in [4.69, 9.17) is 11.6 Å². The van der Waals surface area contributed by atoms with Crippen molar-refractivity contribution in [3.63, 3.8) is 0 Å². The number of hydrogen-bond donors (Lipinski definition) is 1. The molecule has 3 rings (SSSR count). The van der Waals surface area contributed by atoms with Gasteiger partial charge in [0.2, 0.25) is 10.0 Å². The third-order valence-corrected chi connectivity index (χ3v) is 7.87. The maximum absolute atomic E-state index is 14.0. The molecule has 1 saturated heterocycles. The zero-order valence-electron chi connectivity index (χ0n) is 14.4. The minimum absolute atomic E-state index is 0.00649. The monoisotopic (exact) mass is 432 g/mol. The van der Waals surface area contributed by atoms with Crippen molar-refractivity contribution in [2.75, 3.05) is 17.8 Å². The first-order valence-electron chi connectivity index (χ1n) is 8.20. The second kappa shape index (κ2) is 7.38. The molecule has 1 fully saturated rings. The van der Waals surface area contributed by atoms with Crippen molar-refractivity contribution in [2.45, 2.75) is 29.6 Å². The highest BCUT2D eigenvalue weighted by atomic mass is 35.5. The van der Waals surface area contributed by atoms with Gasteiger partial charge < -0.3 is 0 Å². The predicted molar refractivity (Wildman–Crippen MR) is 101 cm³/mol. The Morgan fingerprint density at radius 2 is 1.70 bits per heavy atom. The van der Waals surface area contributed by atoms with E-state index in [0.717, 1.165) is 25.0 Å². The molecule has 0 saturated carbocycles. The van der Waals surface area contributed by atoms with Crippen LogP contribution in [-0.4, -0.2) is 34.2 Å². The van der Waals surface area contributed by atoms with Crippen molar-refractivity contribution in [1.29, 1.82) is 0 Å². The van der Waals surface area contributed by atoms with Crippen molar-refractivity contribution in [2.24, 2.45) is 0 Å². The summed E-state index contributed by atoms with van der Waals surface area (Å²) in [6, 6.07) is 7.47. The molecule has 0 aliphatic carbocycles. The molecular formula is C17H18ClFN2O4S2. The van der Waals surface area contributed by atoms with E-state index < -0.39 is 30.8 Å². The van der Waals surface area contributed by atoms with Crippen LogP contribution in [0.4, 0.5) is 10.1 Å². The zero-order chi connectivity index (χ0) is 19.8. The van der Waals surface area contributed by atoms with Crippen molar-refractivity contribution >= 4 is 37.3 Å². The number of anilines is 1. The van der Waals surface area contributed by atoms with Gasteiger partial charge in [0.1, 0.15) is 10.7 Å². The highest BCUT2D eigenvalue weighted by Gasteiger charge is 2.28. The number of hydrogen-bond acceptors (Lipinski definition) is 4. The Morgan fingerprint density at radius 1 is 1.04 bits per heavy atom. The summed E-state index contributed by atoms with van der Waals surface area (Å²) >= 11 is 6.04. The van der Waals surface area contributed by atoms with Gasteiger partial charge in [-0.2, -0.15) is 4.31 Å². The van der Waals surface area contributed by atoms with Gasteiger partial charge >= 0.3 is 0 Å². The lowest BCUT2D eigenvalue weighted by molar-refractivity contribution is 0.477. The summed E-state index contributed by atoms with van der Waals surface area (Å²) in [6.45, 7) is 2.47. The van der Waals surface area contributed by atoms with Crippen LogP contribution in [0.15, 0.2) is 46.2 Å². The number of halogens is 2. The fourth-order valence-corrected chi connectivity index (χ4v) is 5.84. The van der Waals surface area contributed by atoms with E-state index in [1.807, 2.05) is 0 Å². The predicted octanol–water partition coefficient (Wildman–Crippen LogP) is 3.37. The van der Waals surface area contributed by atoms with Gasteiger partial charge in [0.25, 0.3) is 10.0 Å². The molecule has 10 heteroatoms. The molecule has 146 valence electrons. The minimum atomic E-state index is -4.29. The SMILES string of the molecule is Cc1ccc(F)c(S(=O)(=O)Nc2cc(S(=O)(=O)N3CCCC3)ccc2Cl)c1. The molecule has 0 spiro atoms. The first kappa shape index (κ1) is 20.1. The topological polar surface area (TPSA) is 83.5 Å². The molecule has 0 bridgehead atoms. The van der Waals surface area contributed by atoms with Crippen LogP contribution in [0.5, 0.6) is 0 Å². The number of nitrogens with one attached hydrogen (secondary N) is 1. The Kier molecular flexibility index (Phi) is 5.49. The van der Waals surface area contributed by atoms with Crippen LogP contribution in [0.2, 0.25) is 5.02 Å². The summed E-state index contributed by atoms with van der Waals surface area (Å²) in [6.07, 6.45) is 1.55. The van der Waals surface area contributed by atoms with Gasteiger partial charge in [0.05, 0.1) is 15.6 Å². The lowest BCUT2D eigenvalue weighted by atomic mass is 10.2. The standard InChI is InChI=1S/C17H18ClFN2O4S2/c1-12-4-7-15(19)17(10-12)26(22,23)20-16-11-13(5-6-14(16)18)27(24,25)21-8-2-3-9-21/h4-7,10-11,20H,2-3,8-9H2,1H3. The van der Waals surface area contributed by atoms with E-state index in [-0.39, 0.29) is 15.6 Å². The van der Waals surface area contributed by atoms with Crippen LogP contribution in [0.25, 0.3) is 0 Å². The Morgan fingerprint density at radius 3 is 2.37 bits per heavy atom. The lowest BCUT2D eigenvalue weighted by Crippen LogP contribution is -2.28. The van der Waals surface area contributed by atoms with Crippen molar-refractivity contribution < 1.29 is 21.2 Å². The van der Waals surface area contributed by atoms with Gasteiger partial charge in [-0.25, -0.2) is 21.2 Å². The largest absolute Gasteiger partial charge is 0.278 e. The smallest absolute Gasteiger partial charge is 0.264 e. The summed E-state index contributed by atoms with van der Waals surface area (Å²) in [4.78, 5) is -0.609. The van der Waals surface area contributed by atoms with E-state index in [1.54, 1.807) is 6.92 Å². The maximum atomic E-state index is 14.0. The van der Waals surface area contributed by atoms with Crippen LogP contribution < -0.4 is 4.72 Å². The van der Waals surface area contributed by atoms with E-state index in [1.165, 1.54) is 28.6 Å². The van der Waals surface area contributed by atoms with Gasteiger partial charge in [0.15, 0.2) is 0 Å². The molecule has 0 unspecified atom stereocenters. The Labute approximate surface area is 163 Å². The number of rotatable bonds is 5. The van der Waals surface area contributed by atoms with Gasteiger partial charge in [-0.1, -0.05) is 17.7 Å². The quantitative estimate of drug-likeness (QED) is 0.785. The van der Waals surface area contributed by atoms with Crippen LogP contribution in [0.3, 0.4) is 0 Å². The number of sulfonamides is 2. The third-order valence-electron chi connectivity index (χ3n) is 4.26. The Balaban J connectivity index is 1.99. The molecule has 1 aliphatic rings. The van der Waals surface area contributed by atoms with Gasteiger partial charge in [-0.15, -0.1) is 0 Å².